The van der Waals surface area contributed by atoms with Crippen LogP contribution in [-0.4, -0.2) is 54.0 Å². The van der Waals surface area contributed by atoms with Crippen molar-refractivity contribution in [2.45, 2.75) is 44.2 Å². The summed E-state index contributed by atoms with van der Waals surface area (Å²) in [5, 5.41) is 8.81. The highest BCUT2D eigenvalue weighted by Gasteiger charge is 2.56. The van der Waals surface area contributed by atoms with E-state index < -0.39 is 11.6 Å². The van der Waals surface area contributed by atoms with Crippen molar-refractivity contribution in [3.63, 3.8) is 0 Å². The van der Waals surface area contributed by atoms with Gasteiger partial charge in [-0.2, -0.15) is 0 Å². The molecule has 2 unspecified atom stereocenters. The van der Waals surface area contributed by atoms with Crippen LogP contribution in [0.1, 0.15) is 32.6 Å². The third-order valence-corrected chi connectivity index (χ3v) is 4.70. The van der Waals surface area contributed by atoms with Crippen LogP contribution in [0.5, 0.6) is 0 Å². The number of rotatable bonds is 5. The lowest BCUT2D eigenvalue weighted by Gasteiger charge is -2.21. The second-order valence-corrected chi connectivity index (χ2v) is 6.40. The van der Waals surface area contributed by atoms with Crippen LogP contribution in [0.25, 0.3) is 0 Å². The van der Waals surface area contributed by atoms with Gasteiger partial charge in [-0.1, -0.05) is 0 Å². The van der Waals surface area contributed by atoms with Crippen molar-refractivity contribution in [2.75, 3.05) is 19.6 Å². The molecule has 3 fully saturated rings. The van der Waals surface area contributed by atoms with Gasteiger partial charge in [-0.3, -0.25) is 14.5 Å². The molecule has 0 aromatic rings. The molecule has 0 spiro atoms. The summed E-state index contributed by atoms with van der Waals surface area (Å²) in [6.07, 6.45) is 4.07. The van der Waals surface area contributed by atoms with Gasteiger partial charge in [0.15, 0.2) is 0 Å². The average molecular weight is 294 g/mol. The lowest BCUT2D eigenvalue weighted by Crippen LogP contribution is -2.47. The number of imide groups is 1. The number of nitrogens with zero attached hydrogens (tertiary/aromatic N) is 1. The molecule has 7 nitrogen and oxygen atoms in total. The Morgan fingerprint density at radius 2 is 2.14 bits per heavy atom. The number of carbonyl (C=O) groups is 3. The minimum Gasteiger partial charge on any atom is -0.353 e. The number of nitrogens with one attached hydrogen (secondary N) is 3. The van der Waals surface area contributed by atoms with Gasteiger partial charge >= 0.3 is 6.03 Å². The van der Waals surface area contributed by atoms with E-state index in [2.05, 4.69) is 16.0 Å². The minimum atomic E-state index is -0.815. The molecule has 3 N–H and O–H groups in total. The predicted molar refractivity (Wildman–Crippen MR) is 75.4 cm³/mol. The van der Waals surface area contributed by atoms with Gasteiger partial charge in [0, 0.05) is 12.6 Å². The molecule has 2 aliphatic heterocycles. The zero-order chi connectivity index (χ0) is 15.0. The van der Waals surface area contributed by atoms with Gasteiger partial charge in [0.1, 0.15) is 12.1 Å². The molecule has 0 aromatic carbocycles. The van der Waals surface area contributed by atoms with E-state index >= 15 is 0 Å². The van der Waals surface area contributed by atoms with Gasteiger partial charge in [0.2, 0.25) is 5.91 Å². The fourth-order valence-electron chi connectivity index (χ4n) is 3.16. The number of amides is 4. The van der Waals surface area contributed by atoms with Gasteiger partial charge in [-0.05, 0) is 45.1 Å². The maximum Gasteiger partial charge on any atom is 0.325 e. The van der Waals surface area contributed by atoms with E-state index in [9.17, 15) is 14.4 Å². The summed E-state index contributed by atoms with van der Waals surface area (Å²) in [6.45, 7) is 3.08. The zero-order valence-corrected chi connectivity index (χ0v) is 12.3. The molecule has 2 saturated heterocycles. The van der Waals surface area contributed by atoms with Gasteiger partial charge < -0.3 is 16.0 Å². The van der Waals surface area contributed by atoms with E-state index in [1.807, 2.05) is 0 Å². The molecule has 0 bridgehead atoms. The predicted octanol–water partition coefficient (Wildman–Crippen LogP) is -0.425. The molecule has 2 atom stereocenters. The van der Waals surface area contributed by atoms with E-state index in [1.165, 1.54) is 0 Å². The third-order valence-electron chi connectivity index (χ3n) is 4.70. The van der Waals surface area contributed by atoms with Crippen LogP contribution in [0, 0.1) is 5.92 Å². The fraction of sp³-hybridized carbons (Fsp3) is 0.786. The Bertz CT molecular complexity index is 471. The highest BCUT2D eigenvalue weighted by molar-refractivity contribution is 6.09. The first kappa shape index (κ1) is 14.3. The second-order valence-electron chi connectivity index (χ2n) is 6.40. The molecule has 2 heterocycles. The monoisotopic (exact) mass is 294 g/mol. The first-order valence-corrected chi connectivity index (χ1v) is 7.65. The number of carbonyl (C=O) groups excluding carboxylic acids is 3. The molecule has 1 aliphatic carbocycles. The molecular weight excluding hydrogens is 272 g/mol. The highest BCUT2D eigenvalue weighted by atomic mass is 16.2. The van der Waals surface area contributed by atoms with Crippen molar-refractivity contribution in [3.05, 3.63) is 0 Å². The summed E-state index contributed by atoms with van der Waals surface area (Å²) < 4.78 is 0. The van der Waals surface area contributed by atoms with Crippen molar-refractivity contribution in [1.29, 1.82) is 0 Å². The smallest absolute Gasteiger partial charge is 0.325 e. The molecule has 1 saturated carbocycles. The van der Waals surface area contributed by atoms with Crippen LogP contribution in [0.2, 0.25) is 0 Å². The van der Waals surface area contributed by atoms with Gasteiger partial charge in [-0.25, -0.2) is 4.79 Å². The fourth-order valence-corrected chi connectivity index (χ4v) is 3.16. The normalized spacial score (nSPS) is 32.4. The van der Waals surface area contributed by atoms with Crippen LogP contribution >= 0.6 is 0 Å². The van der Waals surface area contributed by atoms with Gasteiger partial charge in [0.05, 0.1) is 0 Å². The standard InChI is InChI=1S/C14H22N4O3/c1-14(9-4-5-9)12(20)18(13(21)17-14)8-11(19)16-7-10-3-2-6-15-10/h9-10,15H,2-8H2,1H3,(H,16,19)(H,17,21). The summed E-state index contributed by atoms with van der Waals surface area (Å²) in [5.41, 5.74) is -0.815. The highest BCUT2D eigenvalue weighted by Crippen LogP contribution is 2.42. The average Bonchev–Trinajstić information content (AvgIpc) is 3.14. The van der Waals surface area contributed by atoms with E-state index in [0.29, 0.717) is 12.6 Å². The summed E-state index contributed by atoms with van der Waals surface area (Å²) in [5.74, 6) is -0.346. The van der Waals surface area contributed by atoms with Crippen molar-refractivity contribution in [1.82, 2.24) is 20.9 Å². The molecule has 3 rings (SSSR count). The van der Waals surface area contributed by atoms with Crippen LogP contribution in [0.3, 0.4) is 0 Å². The Labute approximate surface area is 123 Å². The lowest BCUT2D eigenvalue weighted by atomic mass is 9.96. The van der Waals surface area contributed by atoms with Crippen LogP contribution in [-0.2, 0) is 9.59 Å². The van der Waals surface area contributed by atoms with E-state index in [-0.39, 0.29) is 24.3 Å². The van der Waals surface area contributed by atoms with Crippen molar-refractivity contribution in [2.24, 2.45) is 5.92 Å². The van der Waals surface area contributed by atoms with Crippen molar-refractivity contribution < 1.29 is 14.4 Å². The Morgan fingerprint density at radius 3 is 2.76 bits per heavy atom. The molecule has 21 heavy (non-hydrogen) atoms. The number of hydrogen-bond donors (Lipinski definition) is 3. The van der Waals surface area contributed by atoms with Crippen molar-refractivity contribution in [3.8, 4) is 0 Å². The second kappa shape index (κ2) is 5.29. The minimum absolute atomic E-state index is 0.195. The van der Waals surface area contributed by atoms with Gasteiger partial charge in [0.25, 0.3) is 5.91 Å². The molecular formula is C14H22N4O3. The van der Waals surface area contributed by atoms with E-state index in [0.717, 1.165) is 37.1 Å². The topological polar surface area (TPSA) is 90.5 Å². The third kappa shape index (κ3) is 2.74. The Morgan fingerprint density at radius 1 is 1.38 bits per heavy atom. The summed E-state index contributed by atoms with van der Waals surface area (Å²) in [6, 6.07) is -0.155. The molecule has 4 amide bonds. The quantitative estimate of drug-likeness (QED) is 0.600. The maximum atomic E-state index is 12.4. The summed E-state index contributed by atoms with van der Waals surface area (Å²) >= 11 is 0. The van der Waals surface area contributed by atoms with Gasteiger partial charge in [-0.15, -0.1) is 0 Å². The largest absolute Gasteiger partial charge is 0.353 e. The molecule has 116 valence electrons. The number of urea groups is 1. The summed E-state index contributed by atoms with van der Waals surface area (Å²) in [7, 11) is 0. The van der Waals surface area contributed by atoms with Crippen LogP contribution in [0.15, 0.2) is 0 Å². The van der Waals surface area contributed by atoms with E-state index in [1.54, 1.807) is 6.92 Å². The van der Waals surface area contributed by atoms with E-state index in [4.69, 9.17) is 0 Å². The molecule has 7 heteroatoms. The SMILES string of the molecule is CC1(C2CC2)NC(=O)N(CC(=O)NCC2CCCN2)C1=O. The first-order valence-electron chi connectivity index (χ1n) is 7.65. The Balaban J connectivity index is 1.53. The Hall–Kier alpha value is -1.63. The van der Waals surface area contributed by atoms with Crippen LogP contribution in [0.4, 0.5) is 4.79 Å². The number of hydrogen-bond acceptors (Lipinski definition) is 4. The molecule has 0 aromatic heterocycles. The Kier molecular flexibility index (Phi) is 3.61. The first-order chi connectivity index (χ1) is 10.0. The summed E-state index contributed by atoms with van der Waals surface area (Å²) in [4.78, 5) is 37.3. The zero-order valence-electron chi connectivity index (χ0n) is 12.3. The molecule has 0 radical (unpaired) electrons. The lowest BCUT2D eigenvalue weighted by molar-refractivity contribution is -0.135. The molecule has 3 aliphatic rings. The maximum absolute atomic E-state index is 12.4. The van der Waals surface area contributed by atoms with Crippen LogP contribution < -0.4 is 16.0 Å². The van der Waals surface area contributed by atoms with Crippen molar-refractivity contribution >= 4 is 17.8 Å².